The highest BCUT2D eigenvalue weighted by atomic mass is 19.1. The highest BCUT2D eigenvalue weighted by Gasteiger charge is 2.34. The molecule has 1 aliphatic heterocycles. The van der Waals surface area contributed by atoms with Gasteiger partial charge < -0.3 is 15.1 Å². The van der Waals surface area contributed by atoms with Crippen LogP contribution in [0, 0.1) is 19.7 Å². The number of nitrogens with one attached hydrogen (secondary N) is 2. The van der Waals surface area contributed by atoms with Gasteiger partial charge in [0.05, 0.1) is 26.2 Å². The topological polar surface area (TPSA) is 36.8 Å². The van der Waals surface area contributed by atoms with Crippen LogP contribution in [0.1, 0.15) is 22.7 Å². The normalized spacial score (nSPS) is 15.5. The van der Waals surface area contributed by atoms with Gasteiger partial charge in [-0.2, -0.15) is 0 Å². The van der Waals surface area contributed by atoms with Crippen molar-refractivity contribution in [3.8, 4) is 0 Å². The number of anilines is 2. The van der Waals surface area contributed by atoms with Gasteiger partial charge in [0.1, 0.15) is 5.82 Å². The maximum Gasteiger partial charge on any atom is 0.287 e. The Morgan fingerprint density at radius 1 is 0.968 bits per heavy atom. The van der Waals surface area contributed by atoms with E-state index in [2.05, 4.69) is 16.3 Å². The first-order valence-corrected chi connectivity index (χ1v) is 10.8. The van der Waals surface area contributed by atoms with Crippen LogP contribution in [0.15, 0.2) is 72.8 Å². The molecule has 0 saturated carbocycles. The average molecular weight is 419 g/mol. The van der Waals surface area contributed by atoms with Gasteiger partial charge >= 0.3 is 0 Å². The maximum absolute atomic E-state index is 13.5. The maximum atomic E-state index is 13.5. The van der Waals surface area contributed by atoms with Crippen molar-refractivity contribution in [2.24, 2.45) is 0 Å². The number of quaternary nitrogens is 1. The Labute approximate surface area is 183 Å². The van der Waals surface area contributed by atoms with Gasteiger partial charge in [0.15, 0.2) is 6.04 Å². The summed E-state index contributed by atoms with van der Waals surface area (Å²) < 4.78 is 13.3. The second-order valence-electron chi connectivity index (χ2n) is 8.27. The van der Waals surface area contributed by atoms with Gasteiger partial charge in [-0.3, -0.25) is 4.79 Å². The van der Waals surface area contributed by atoms with Gasteiger partial charge in [-0.15, -0.1) is 0 Å². The Morgan fingerprint density at radius 2 is 1.65 bits per heavy atom. The zero-order chi connectivity index (χ0) is 21.8. The molecule has 0 aromatic heterocycles. The van der Waals surface area contributed by atoms with E-state index in [-0.39, 0.29) is 17.8 Å². The molecule has 5 heteroatoms. The highest BCUT2D eigenvalue weighted by molar-refractivity contribution is 5.95. The van der Waals surface area contributed by atoms with Gasteiger partial charge in [-0.05, 0) is 55.3 Å². The van der Waals surface area contributed by atoms with Crippen molar-refractivity contribution in [2.45, 2.75) is 19.9 Å². The molecule has 4 nitrogen and oxygen atoms in total. The fraction of sp³-hybridized carbons (Fsp3) is 0.269. The zero-order valence-electron chi connectivity index (χ0n) is 18.1. The second kappa shape index (κ2) is 9.31. The molecular formula is C26H29FN3O+. The van der Waals surface area contributed by atoms with Gasteiger partial charge in [0.2, 0.25) is 0 Å². The molecule has 0 bridgehead atoms. The van der Waals surface area contributed by atoms with Crippen molar-refractivity contribution in [2.75, 3.05) is 36.4 Å². The van der Waals surface area contributed by atoms with Gasteiger partial charge in [-0.1, -0.05) is 42.5 Å². The van der Waals surface area contributed by atoms with Gasteiger partial charge in [0.25, 0.3) is 5.91 Å². The molecule has 1 saturated heterocycles. The number of piperazine rings is 1. The predicted octanol–water partition coefficient (Wildman–Crippen LogP) is 3.53. The molecule has 0 unspecified atom stereocenters. The highest BCUT2D eigenvalue weighted by Crippen LogP contribution is 2.20. The van der Waals surface area contributed by atoms with Gasteiger partial charge in [-0.25, -0.2) is 4.39 Å². The molecule has 0 aliphatic carbocycles. The van der Waals surface area contributed by atoms with E-state index in [0.29, 0.717) is 0 Å². The Kier molecular flexibility index (Phi) is 6.33. The number of hydrogen-bond donors (Lipinski definition) is 2. The molecule has 3 aromatic rings. The van der Waals surface area contributed by atoms with E-state index in [0.717, 1.165) is 54.2 Å². The summed E-state index contributed by atoms with van der Waals surface area (Å²) in [7, 11) is 0. The molecule has 1 heterocycles. The Bertz CT molecular complexity index is 1030. The number of amides is 1. The fourth-order valence-corrected chi connectivity index (χ4v) is 4.29. The molecule has 1 amide bonds. The summed E-state index contributed by atoms with van der Waals surface area (Å²) in [6.07, 6.45) is 0. The van der Waals surface area contributed by atoms with Crippen LogP contribution in [0.2, 0.25) is 0 Å². The Hall–Kier alpha value is -3.18. The number of aryl methyl sites for hydroxylation is 2. The lowest BCUT2D eigenvalue weighted by Gasteiger charge is -2.37. The Morgan fingerprint density at radius 3 is 2.32 bits per heavy atom. The lowest BCUT2D eigenvalue weighted by atomic mass is 10.0. The lowest BCUT2D eigenvalue weighted by molar-refractivity contribution is -0.922. The first-order chi connectivity index (χ1) is 15.0. The number of nitrogens with zero attached hydrogens (tertiary/aromatic N) is 1. The third-order valence-corrected chi connectivity index (χ3v) is 6.05. The summed E-state index contributed by atoms with van der Waals surface area (Å²) in [4.78, 5) is 17.0. The van der Waals surface area contributed by atoms with E-state index < -0.39 is 0 Å². The predicted molar refractivity (Wildman–Crippen MR) is 123 cm³/mol. The summed E-state index contributed by atoms with van der Waals surface area (Å²) in [6.45, 7) is 7.35. The minimum Gasteiger partial charge on any atom is -0.360 e. The average Bonchev–Trinajstić information content (AvgIpc) is 2.78. The van der Waals surface area contributed by atoms with Crippen LogP contribution in [-0.4, -0.2) is 32.1 Å². The van der Waals surface area contributed by atoms with Crippen molar-refractivity contribution in [1.29, 1.82) is 0 Å². The van der Waals surface area contributed by atoms with Crippen molar-refractivity contribution >= 4 is 17.3 Å². The molecule has 1 atom stereocenters. The first-order valence-electron chi connectivity index (χ1n) is 10.8. The number of benzene rings is 3. The summed E-state index contributed by atoms with van der Waals surface area (Å²) in [5, 5.41) is 3.18. The second-order valence-corrected chi connectivity index (χ2v) is 8.27. The van der Waals surface area contributed by atoms with E-state index in [4.69, 9.17) is 0 Å². The zero-order valence-corrected chi connectivity index (χ0v) is 18.1. The molecule has 1 fully saturated rings. The minimum absolute atomic E-state index is 0.0186. The van der Waals surface area contributed by atoms with Crippen LogP contribution in [0.3, 0.4) is 0 Å². The van der Waals surface area contributed by atoms with E-state index >= 15 is 0 Å². The van der Waals surface area contributed by atoms with E-state index in [1.807, 2.05) is 68.4 Å². The monoisotopic (exact) mass is 418 g/mol. The number of halogens is 1. The van der Waals surface area contributed by atoms with Crippen LogP contribution >= 0.6 is 0 Å². The molecule has 4 rings (SSSR count). The fourth-order valence-electron chi connectivity index (χ4n) is 4.29. The Balaban J connectivity index is 1.53. The molecule has 2 N–H and O–H groups in total. The van der Waals surface area contributed by atoms with Crippen molar-refractivity contribution < 1.29 is 14.1 Å². The third-order valence-electron chi connectivity index (χ3n) is 6.05. The smallest absolute Gasteiger partial charge is 0.287 e. The summed E-state index contributed by atoms with van der Waals surface area (Å²) in [5.74, 6) is -0.203. The van der Waals surface area contributed by atoms with Crippen LogP contribution in [0.5, 0.6) is 0 Å². The van der Waals surface area contributed by atoms with Gasteiger partial charge in [0, 0.05) is 16.9 Å². The van der Waals surface area contributed by atoms with Crippen molar-refractivity contribution in [1.82, 2.24) is 0 Å². The quantitative estimate of drug-likeness (QED) is 0.665. The number of rotatable bonds is 5. The van der Waals surface area contributed by atoms with Crippen LogP contribution in [0.25, 0.3) is 0 Å². The molecule has 1 aliphatic rings. The van der Waals surface area contributed by atoms with E-state index in [9.17, 15) is 9.18 Å². The van der Waals surface area contributed by atoms with Crippen LogP contribution in [0.4, 0.5) is 15.8 Å². The van der Waals surface area contributed by atoms with Crippen molar-refractivity contribution in [3.05, 3.63) is 95.3 Å². The third kappa shape index (κ3) is 4.94. The first kappa shape index (κ1) is 21.1. The van der Waals surface area contributed by atoms with E-state index in [1.165, 1.54) is 17.0 Å². The summed E-state index contributed by atoms with van der Waals surface area (Å²) in [5.41, 5.74) is 5.10. The largest absolute Gasteiger partial charge is 0.360 e. The number of carbonyl (C=O) groups excluding carboxylic acids is 1. The molecule has 160 valence electrons. The van der Waals surface area contributed by atoms with Crippen molar-refractivity contribution in [3.63, 3.8) is 0 Å². The van der Waals surface area contributed by atoms with Crippen LogP contribution < -0.4 is 15.1 Å². The minimum atomic E-state index is -0.281. The molecule has 0 radical (unpaired) electrons. The number of hydrogen-bond acceptors (Lipinski definition) is 2. The molecule has 31 heavy (non-hydrogen) atoms. The molecule has 3 aromatic carbocycles. The SMILES string of the molecule is Cc1ccc(C)c(NC(=O)[C@H](c2ccccc2)[NH+]2CCN(c3ccc(F)cc3)CC2)c1. The lowest BCUT2D eigenvalue weighted by Crippen LogP contribution is -3.16. The molecule has 0 spiro atoms. The van der Waals surface area contributed by atoms with E-state index in [1.54, 1.807) is 0 Å². The molecular weight excluding hydrogens is 389 g/mol. The summed E-state index contributed by atoms with van der Waals surface area (Å²) in [6, 6.07) is 22.5. The van der Waals surface area contributed by atoms with Crippen LogP contribution in [-0.2, 0) is 4.79 Å². The number of carbonyl (C=O) groups is 1. The standard InChI is InChI=1S/C26H28FN3O/c1-19-8-9-20(2)24(18-19)28-26(31)25(21-6-4-3-5-7-21)30-16-14-29(15-17-30)23-12-10-22(27)11-13-23/h3-13,18,25H,14-17H2,1-2H3,(H,28,31)/p+1/t25-/m0/s1. The summed E-state index contributed by atoms with van der Waals surface area (Å²) >= 11 is 0.